The van der Waals surface area contributed by atoms with Crippen molar-refractivity contribution in [1.82, 2.24) is 15.3 Å². The van der Waals surface area contributed by atoms with Crippen LogP contribution in [0.15, 0.2) is 47.4 Å². The molecule has 0 aliphatic carbocycles. The number of aromatic nitrogens is 2. The zero-order valence-electron chi connectivity index (χ0n) is 13.9. The number of carbonyl (C=O) groups is 3. The summed E-state index contributed by atoms with van der Waals surface area (Å²) in [5.74, 6) is -1.03. The summed E-state index contributed by atoms with van der Waals surface area (Å²) < 4.78 is 5.11. The molecule has 26 heavy (non-hydrogen) atoms. The second-order valence-corrected chi connectivity index (χ2v) is 5.94. The van der Waals surface area contributed by atoms with Crippen LogP contribution in [0.1, 0.15) is 5.56 Å². The number of hydrogen-bond acceptors (Lipinski definition) is 7. The minimum atomic E-state index is -0.820. The van der Waals surface area contributed by atoms with Crippen LogP contribution in [-0.4, -0.2) is 41.2 Å². The van der Waals surface area contributed by atoms with Gasteiger partial charge in [-0.1, -0.05) is 17.8 Å². The second kappa shape index (κ2) is 7.36. The van der Waals surface area contributed by atoms with E-state index in [0.29, 0.717) is 22.2 Å². The van der Waals surface area contributed by atoms with E-state index < -0.39 is 17.8 Å². The zero-order valence-corrected chi connectivity index (χ0v) is 14.7. The van der Waals surface area contributed by atoms with E-state index in [1.165, 1.54) is 43.4 Å². The van der Waals surface area contributed by atoms with Crippen molar-refractivity contribution < 1.29 is 19.1 Å². The summed E-state index contributed by atoms with van der Waals surface area (Å²) in [6.07, 6.45) is 6.18. The van der Waals surface area contributed by atoms with Gasteiger partial charge in [0.2, 0.25) is 0 Å². The van der Waals surface area contributed by atoms with Gasteiger partial charge >= 0.3 is 6.03 Å². The molecule has 132 valence electrons. The highest BCUT2D eigenvalue weighted by molar-refractivity contribution is 7.98. The van der Waals surface area contributed by atoms with E-state index in [-0.39, 0.29) is 5.57 Å². The molecule has 0 atom stereocenters. The summed E-state index contributed by atoms with van der Waals surface area (Å²) in [6.45, 7) is 0. The van der Waals surface area contributed by atoms with E-state index in [0.717, 1.165) is 4.90 Å². The first-order valence-corrected chi connectivity index (χ1v) is 8.67. The maximum Gasteiger partial charge on any atom is 0.335 e. The van der Waals surface area contributed by atoms with Gasteiger partial charge in [0.05, 0.1) is 12.8 Å². The minimum absolute atomic E-state index is 0.187. The largest absolute Gasteiger partial charge is 0.497 e. The van der Waals surface area contributed by atoms with Crippen LogP contribution in [-0.2, 0) is 9.59 Å². The lowest BCUT2D eigenvalue weighted by atomic mass is 10.1. The van der Waals surface area contributed by atoms with Crippen LogP contribution >= 0.6 is 11.8 Å². The predicted molar refractivity (Wildman–Crippen MR) is 95.8 cm³/mol. The third-order valence-electron chi connectivity index (χ3n) is 3.55. The quantitative estimate of drug-likeness (QED) is 0.379. The van der Waals surface area contributed by atoms with E-state index in [2.05, 4.69) is 15.3 Å². The Morgan fingerprint density at radius 3 is 2.58 bits per heavy atom. The number of thioether (sulfide) groups is 1. The number of hydrogen-bond donors (Lipinski definition) is 1. The Hall–Kier alpha value is -3.20. The topological polar surface area (TPSA) is 101 Å². The average Bonchev–Trinajstić information content (AvgIpc) is 2.65. The zero-order chi connectivity index (χ0) is 18.7. The number of rotatable bonds is 4. The third-order valence-corrected chi connectivity index (χ3v) is 4.13. The van der Waals surface area contributed by atoms with E-state index in [1.54, 1.807) is 18.2 Å². The molecule has 1 fully saturated rings. The summed E-state index contributed by atoms with van der Waals surface area (Å²) >= 11 is 1.37. The number of ether oxygens (including phenoxy) is 1. The number of urea groups is 1. The fourth-order valence-electron chi connectivity index (χ4n) is 2.31. The average molecular weight is 370 g/mol. The summed E-state index contributed by atoms with van der Waals surface area (Å²) in [4.78, 5) is 46.1. The fraction of sp³-hybridized carbons (Fsp3) is 0.118. The van der Waals surface area contributed by atoms with Crippen LogP contribution < -0.4 is 15.0 Å². The lowest BCUT2D eigenvalue weighted by Gasteiger charge is -2.26. The molecule has 2 aromatic rings. The van der Waals surface area contributed by atoms with E-state index >= 15 is 0 Å². The first-order chi connectivity index (χ1) is 12.5. The van der Waals surface area contributed by atoms with Crippen molar-refractivity contribution in [2.24, 2.45) is 0 Å². The summed E-state index contributed by atoms with van der Waals surface area (Å²) in [5, 5.41) is 2.73. The van der Waals surface area contributed by atoms with Gasteiger partial charge in [0, 0.05) is 24.0 Å². The lowest BCUT2D eigenvalue weighted by Crippen LogP contribution is -2.54. The SMILES string of the molecule is COc1cccc(N2C(=O)NC(=O)/C(=C/c3cnc(SC)nc3)C2=O)c1. The molecule has 9 heteroatoms. The van der Waals surface area contributed by atoms with Crippen LogP contribution in [0.5, 0.6) is 5.75 Å². The standard InChI is InChI=1S/C17H14N4O4S/c1-25-12-5-3-4-11(7-12)21-15(23)13(14(22)20-17(21)24)6-10-8-18-16(26-2)19-9-10/h3-9H,1-2H3,(H,20,22,24)/b13-6-. The van der Waals surface area contributed by atoms with Gasteiger partial charge in [-0.3, -0.25) is 14.9 Å². The highest BCUT2D eigenvalue weighted by Crippen LogP contribution is 2.25. The lowest BCUT2D eigenvalue weighted by molar-refractivity contribution is -0.122. The van der Waals surface area contributed by atoms with Gasteiger partial charge in [0.25, 0.3) is 11.8 Å². The molecule has 4 amide bonds. The van der Waals surface area contributed by atoms with E-state index in [9.17, 15) is 14.4 Å². The number of benzene rings is 1. The van der Waals surface area contributed by atoms with Gasteiger partial charge in [-0.25, -0.2) is 19.7 Å². The van der Waals surface area contributed by atoms with Gasteiger partial charge in [0.15, 0.2) is 5.16 Å². The first kappa shape index (κ1) is 17.6. The van der Waals surface area contributed by atoms with Gasteiger partial charge in [-0.2, -0.15) is 0 Å². The molecule has 1 N–H and O–H groups in total. The van der Waals surface area contributed by atoms with Gasteiger partial charge in [-0.15, -0.1) is 0 Å². The Bertz CT molecular complexity index is 911. The molecule has 0 unspecified atom stereocenters. The molecule has 0 bridgehead atoms. The Morgan fingerprint density at radius 2 is 1.92 bits per heavy atom. The molecule has 1 aromatic carbocycles. The summed E-state index contributed by atoms with van der Waals surface area (Å²) in [5.41, 5.74) is 0.577. The monoisotopic (exact) mass is 370 g/mol. The van der Waals surface area contributed by atoms with Crippen molar-refractivity contribution in [2.45, 2.75) is 5.16 Å². The van der Waals surface area contributed by atoms with Crippen molar-refractivity contribution >= 4 is 41.4 Å². The van der Waals surface area contributed by atoms with E-state index in [4.69, 9.17) is 4.74 Å². The predicted octanol–water partition coefficient (Wildman–Crippen LogP) is 1.87. The number of carbonyl (C=O) groups excluding carboxylic acids is 3. The highest BCUT2D eigenvalue weighted by Gasteiger charge is 2.36. The number of imide groups is 2. The van der Waals surface area contributed by atoms with Crippen molar-refractivity contribution in [3.63, 3.8) is 0 Å². The Balaban J connectivity index is 1.98. The maximum atomic E-state index is 12.8. The second-order valence-electron chi connectivity index (χ2n) is 5.16. The smallest absolute Gasteiger partial charge is 0.335 e. The molecule has 1 aliphatic rings. The number of methoxy groups -OCH3 is 1. The highest BCUT2D eigenvalue weighted by atomic mass is 32.2. The van der Waals surface area contributed by atoms with Crippen LogP contribution in [0.3, 0.4) is 0 Å². The summed E-state index contributed by atoms with van der Waals surface area (Å²) in [6, 6.07) is 5.61. The van der Waals surface area contributed by atoms with Crippen molar-refractivity contribution in [3.8, 4) is 5.75 Å². The molecule has 8 nitrogen and oxygen atoms in total. The first-order valence-electron chi connectivity index (χ1n) is 7.45. The molecule has 1 saturated heterocycles. The van der Waals surface area contributed by atoms with Crippen LogP contribution in [0.25, 0.3) is 6.08 Å². The third kappa shape index (κ3) is 3.42. The van der Waals surface area contributed by atoms with Gasteiger partial charge in [0.1, 0.15) is 11.3 Å². The molecule has 3 rings (SSSR count). The van der Waals surface area contributed by atoms with Crippen LogP contribution in [0.2, 0.25) is 0 Å². The van der Waals surface area contributed by atoms with Crippen molar-refractivity contribution in [1.29, 1.82) is 0 Å². The number of nitrogens with zero attached hydrogens (tertiary/aromatic N) is 3. The molecule has 1 aromatic heterocycles. The molecule has 0 spiro atoms. The summed E-state index contributed by atoms with van der Waals surface area (Å²) in [7, 11) is 1.48. The molecule has 0 saturated carbocycles. The number of nitrogens with one attached hydrogen (secondary N) is 1. The van der Waals surface area contributed by atoms with Crippen molar-refractivity contribution in [2.75, 3.05) is 18.3 Å². The Morgan fingerprint density at radius 1 is 1.19 bits per heavy atom. The van der Waals surface area contributed by atoms with Crippen LogP contribution in [0.4, 0.5) is 10.5 Å². The molecule has 1 aliphatic heterocycles. The normalized spacial score (nSPS) is 16.0. The Kier molecular flexibility index (Phi) is 4.99. The van der Waals surface area contributed by atoms with Crippen LogP contribution in [0, 0.1) is 0 Å². The van der Waals surface area contributed by atoms with E-state index in [1.807, 2.05) is 6.26 Å². The maximum absolute atomic E-state index is 12.8. The molecule has 0 radical (unpaired) electrons. The molecule has 2 heterocycles. The number of anilines is 1. The number of amides is 4. The minimum Gasteiger partial charge on any atom is -0.497 e. The van der Waals surface area contributed by atoms with Gasteiger partial charge in [-0.05, 0) is 24.5 Å². The molecular formula is C17H14N4O4S. The molecular weight excluding hydrogens is 356 g/mol. The van der Waals surface area contributed by atoms with Crippen molar-refractivity contribution in [3.05, 3.63) is 47.8 Å². The fourth-order valence-corrected chi connectivity index (χ4v) is 2.63. The van der Waals surface area contributed by atoms with Gasteiger partial charge < -0.3 is 4.74 Å². The Labute approximate surface area is 153 Å². The number of barbiturate groups is 1.